The molecule has 2 heterocycles. The standard InChI is InChI=1S/C19H22N4O3/c1-4-8-25-14-7-6-12(9-15(14)24-5-2)17-13(10-20)18(21)26-19-16(17)11(3)22-23-19/h6-7,9,17H,4-5,8,21H2,1-3H3,(H,22,23)/t17-/m1/s1. The first-order valence-corrected chi connectivity index (χ1v) is 8.62. The molecule has 136 valence electrons. The number of nitrogens with one attached hydrogen (secondary N) is 1. The molecule has 0 amide bonds. The van der Waals surface area contributed by atoms with Crippen molar-refractivity contribution < 1.29 is 14.2 Å². The molecule has 1 aromatic heterocycles. The first-order chi connectivity index (χ1) is 12.6. The number of aromatic nitrogens is 2. The SMILES string of the molecule is CCCOc1ccc([C@@H]2C(C#N)=C(N)Oc3n[nH]c(C)c32)cc1OCC. The van der Waals surface area contributed by atoms with Crippen LogP contribution in [-0.4, -0.2) is 23.4 Å². The second kappa shape index (κ2) is 7.40. The van der Waals surface area contributed by atoms with Crippen molar-refractivity contribution in [3.8, 4) is 23.4 Å². The third-order valence-electron chi connectivity index (χ3n) is 4.19. The second-order valence-corrected chi connectivity index (χ2v) is 5.98. The maximum Gasteiger partial charge on any atom is 0.244 e. The predicted octanol–water partition coefficient (Wildman–Crippen LogP) is 3.12. The van der Waals surface area contributed by atoms with Crippen LogP contribution in [0.4, 0.5) is 0 Å². The van der Waals surface area contributed by atoms with Crippen LogP contribution in [0.1, 0.15) is 43.0 Å². The Balaban J connectivity index is 2.11. The number of ether oxygens (including phenoxy) is 3. The number of aromatic amines is 1. The van der Waals surface area contributed by atoms with E-state index in [2.05, 4.69) is 16.3 Å². The smallest absolute Gasteiger partial charge is 0.244 e. The highest BCUT2D eigenvalue weighted by atomic mass is 16.5. The number of hydrogen-bond acceptors (Lipinski definition) is 6. The van der Waals surface area contributed by atoms with Crippen molar-refractivity contribution in [2.75, 3.05) is 13.2 Å². The average molecular weight is 354 g/mol. The molecule has 0 bridgehead atoms. The summed E-state index contributed by atoms with van der Waals surface area (Å²) in [5.41, 5.74) is 8.81. The maximum absolute atomic E-state index is 9.64. The molecule has 0 saturated heterocycles. The molecule has 1 aliphatic rings. The molecule has 0 fully saturated rings. The zero-order chi connectivity index (χ0) is 18.7. The van der Waals surface area contributed by atoms with Gasteiger partial charge in [-0.1, -0.05) is 13.0 Å². The Hall–Kier alpha value is -3.14. The van der Waals surface area contributed by atoms with Crippen molar-refractivity contribution in [1.82, 2.24) is 10.2 Å². The Morgan fingerprint density at radius 2 is 2.12 bits per heavy atom. The van der Waals surface area contributed by atoms with Crippen LogP contribution in [0, 0.1) is 18.3 Å². The van der Waals surface area contributed by atoms with Gasteiger partial charge in [-0.05, 0) is 38.0 Å². The Bertz CT molecular complexity index is 879. The Morgan fingerprint density at radius 3 is 2.81 bits per heavy atom. The van der Waals surface area contributed by atoms with Crippen molar-refractivity contribution in [2.24, 2.45) is 5.73 Å². The number of rotatable bonds is 6. The lowest BCUT2D eigenvalue weighted by Gasteiger charge is -2.24. The van der Waals surface area contributed by atoms with Gasteiger partial charge in [-0.15, -0.1) is 5.10 Å². The van der Waals surface area contributed by atoms with Crippen LogP contribution >= 0.6 is 0 Å². The zero-order valence-corrected chi connectivity index (χ0v) is 15.1. The first-order valence-electron chi connectivity index (χ1n) is 8.62. The van der Waals surface area contributed by atoms with Gasteiger partial charge in [-0.25, -0.2) is 0 Å². The monoisotopic (exact) mass is 354 g/mol. The molecule has 7 heteroatoms. The van der Waals surface area contributed by atoms with Crippen LogP contribution in [-0.2, 0) is 0 Å². The lowest BCUT2D eigenvalue weighted by atomic mass is 9.84. The van der Waals surface area contributed by atoms with Crippen LogP contribution in [0.25, 0.3) is 0 Å². The number of nitrogens with zero attached hydrogens (tertiary/aromatic N) is 2. The molecule has 1 aliphatic heterocycles. The summed E-state index contributed by atoms with van der Waals surface area (Å²) < 4.78 is 17.0. The first kappa shape index (κ1) is 17.7. The molecule has 0 spiro atoms. The number of aryl methyl sites for hydroxylation is 1. The highest BCUT2D eigenvalue weighted by Crippen LogP contribution is 2.44. The van der Waals surface area contributed by atoms with Gasteiger partial charge in [0.1, 0.15) is 11.6 Å². The summed E-state index contributed by atoms with van der Waals surface area (Å²) in [5, 5.41) is 16.7. The number of fused-ring (bicyclic) bond motifs is 1. The summed E-state index contributed by atoms with van der Waals surface area (Å²) in [5.74, 6) is 1.42. The van der Waals surface area contributed by atoms with Gasteiger partial charge in [0.2, 0.25) is 11.8 Å². The molecule has 1 aromatic carbocycles. The Labute approximate surface area is 152 Å². The fourth-order valence-corrected chi connectivity index (χ4v) is 3.04. The van der Waals surface area contributed by atoms with E-state index in [-0.39, 0.29) is 11.8 Å². The molecule has 0 radical (unpaired) electrons. The van der Waals surface area contributed by atoms with Gasteiger partial charge in [0.05, 0.1) is 19.1 Å². The molecule has 2 aromatic rings. The average Bonchev–Trinajstić information content (AvgIpc) is 3.00. The molecule has 3 N–H and O–H groups in total. The summed E-state index contributed by atoms with van der Waals surface area (Å²) >= 11 is 0. The fourth-order valence-electron chi connectivity index (χ4n) is 3.04. The topological polar surface area (TPSA) is 106 Å². The normalized spacial score (nSPS) is 15.8. The summed E-state index contributed by atoms with van der Waals surface area (Å²) in [6.45, 7) is 6.98. The van der Waals surface area contributed by atoms with E-state index in [1.54, 1.807) is 0 Å². The van der Waals surface area contributed by atoms with Crippen molar-refractivity contribution in [3.05, 3.63) is 46.5 Å². The largest absolute Gasteiger partial charge is 0.490 e. The van der Waals surface area contributed by atoms with Crippen LogP contribution in [0.3, 0.4) is 0 Å². The molecule has 0 saturated carbocycles. The molecule has 7 nitrogen and oxygen atoms in total. The lowest BCUT2D eigenvalue weighted by Crippen LogP contribution is -2.21. The molecule has 26 heavy (non-hydrogen) atoms. The highest BCUT2D eigenvalue weighted by molar-refractivity contribution is 5.57. The van der Waals surface area contributed by atoms with Crippen molar-refractivity contribution in [3.63, 3.8) is 0 Å². The van der Waals surface area contributed by atoms with E-state index >= 15 is 0 Å². The van der Waals surface area contributed by atoms with E-state index in [1.165, 1.54) is 0 Å². The van der Waals surface area contributed by atoms with Crippen LogP contribution in [0.15, 0.2) is 29.7 Å². The van der Waals surface area contributed by atoms with Gasteiger partial charge in [-0.2, -0.15) is 5.26 Å². The minimum Gasteiger partial charge on any atom is -0.490 e. The maximum atomic E-state index is 9.64. The van der Waals surface area contributed by atoms with Gasteiger partial charge in [0, 0.05) is 11.3 Å². The lowest BCUT2D eigenvalue weighted by molar-refractivity contribution is 0.276. The molecular weight excluding hydrogens is 332 g/mol. The quantitative estimate of drug-likeness (QED) is 0.825. The van der Waals surface area contributed by atoms with E-state index in [4.69, 9.17) is 19.9 Å². The predicted molar refractivity (Wildman–Crippen MR) is 96.0 cm³/mol. The number of allylic oxidation sites excluding steroid dienone is 1. The molecule has 0 aliphatic carbocycles. The van der Waals surface area contributed by atoms with E-state index in [0.717, 1.165) is 23.2 Å². The van der Waals surface area contributed by atoms with Crippen molar-refractivity contribution in [1.29, 1.82) is 5.26 Å². The molecule has 3 rings (SSSR count). The van der Waals surface area contributed by atoms with Crippen molar-refractivity contribution in [2.45, 2.75) is 33.1 Å². The van der Waals surface area contributed by atoms with E-state index in [0.29, 0.717) is 36.2 Å². The minimum absolute atomic E-state index is 0.0702. The summed E-state index contributed by atoms with van der Waals surface area (Å²) in [4.78, 5) is 0. The Kier molecular flexibility index (Phi) is 5.03. The fraction of sp³-hybridized carbons (Fsp3) is 0.368. The van der Waals surface area contributed by atoms with Crippen LogP contribution in [0.2, 0.25) is 0 Å². The van der Waals surface area contributed by atoms with E-state index in [9.17, 15) is 5.26 Å². The van der Waals surface area contributed by atoms with Crippen molar-refractivity contribution >= 4 is 0 Å². The van der Waals surface area contributed by atoms with Gasteiger partial charge >= 0.3 is 0 Å². The minimum atomic E-state index is -0.373. The second-order valence-electron chi connectivity index (χ2n) is 5.98. The Morgan fingerprint density at radius 1 is 1.31 bits per heavy atom. The van der Waals surface area contributed by atoms with E-state index < -0.39 is 0 Å². The third kappa shape index (κ3) is 3.06. The number of nitrogens with two attached hydrogens (primary N) is 1. The highest BCUT2D eigenvalue weighted by Gasteiger charge is 2.34. The number of H-pyrrole nitrogens is 1. The summed E-state index contributed by atoms with van der Waals surface area (Å²) in [6, 6.07) is 7.86. The van der Waals surface area contributed by atoms with Gasteiger partial charge < -0.3 is 19.9 Å². The van der Waals surface area contributed by atoms with Gasteiger partial charge in [0.25, 0.3) is 0 Å². The summed E-state index contributed by atoms with van der Waals surface area (Å²) in [6.07, 6.45) is 0.905. The van der Waals surface area contributed by atoms with E-state index in [1.807, 2.05) is 39.0 Å². The van der Waals surface area contributed by atoms with Gasteiger partial charge in [-0.3, -0.25) is 5.10 Å². The number of benzene rings is 1. The number of hydrogen-bond donors (Lipinski definition) is 2. The van der Waals surface area contributed by atoms with Gasteiger partial charge in [0.15, 0.2) is 11.5 Å². The number of nitriles is 1. The molecular formula is C19H22N4O3. The molecule has 1 atom stereocenters. The zero-order valence-electron chi connectivity index (χ0n) is 15.1. The third-order valence-corrected chi connectivity index (χ3v) is 4.19. The van der Waals surface area contributed by atoms with Crippen LogP contribution < -0.4 is 19.9 Å². The summed E-state index contributed by atoms with van der Waals surface area (Å²) in [7, 11) is 0. The van der Waals surface area contributed by atoms with Crippen LogP contribution in [0.5, 0.6) is 17.4 Å². The molecule has 0 unspecified atom stereocenters.